The first kappa shape index (κ1) is 35.8. The summed E-state index contributed by atoms with van der Waals surface area (Å²) < 4.78 is 10.8. The van der Waals surface area contributed by atoms with Crippen molar-refractivity contribution in [3.8, 4) is 21.1 Å². The summed E-state index contributed by atoms with van der Waals surface area (Å²) in [5, 5.41) is 3.74. The highest BCUT2D eigenvalue weighted by Crippen LogP contribution is 2.40. The van der Waals surface area contributed by atoms with Gasteiger partial charge in [-0.3, -0.25) is 14.9 Å². The third-order valence-electron chi connectivity index (χ3n) is 8.20. The van der Waals surface area contributed by atoms with Crippen LogP contribution < -0.4 is 5.32 Å². The smallest absolute Gasteiger partial charge is 0.338 e. The normalized spacial score (nSPS) is 12.8. The number of amides is 2. The van der Waals surface area contributed by atoms with Crippen LogP contribution in [-0.2, 0) is 19.1 Å². The third-order valence-corrected chi connectivity index (χ3v) is 10.2. The molecular weight excluding hydrogens is 659 g/mol. The second-order valence-corrected chi connectivity index (χ2v) is 14.3. The first-order valence-electron chi connectivity index (χ1n) is 16.8. The fourth-order valence-electron chi connectivity index (χ4n) is 5.46. The number of benzene rings is 2. The van der Waals surface area contributed by atoms with E-state index in [1.807, 2.05) is 13.8 Å². The van der Waals surface area contributed by atoms with Crippen molar-refractivity contribution >= 4 is 57.6 Å². The molecule has 0 bridgehead atoms. The Morgan fingerprint density at radius 3 is 1.37 bits per heavy atom. The molecule has 0 fully saturated rings. The number of esters is 2. The summed E-state index contributed by atoms with van der Waals surface area (Å²) in [7, 11) is 0. The number of carbonyl (C=O) groups excluding carboxylic acids is 4. The van der Waals surface area contributed by atoms with Crippen LogP contribution in [0.2, 0.25) is 0 Å². The lowest BCUT2D eigenvalue weighted by Gasteiger charge is -2.05. The number of ether oxygens (including phenoxy) is 2. The monoisotopic (exact) mass is 699 g/mol. The van der Waals surface area contributed by atoms with E-state index in [1.54, 1.807) is 48.5 Å². The van der Waals surface area contributed by atoms with E-state index in [0.29, 0.717) is 45.7 Å². The van der Waals surface area contributed by atoms with Crippen LogP contribution in [-0.4, -0.2) is 46.9 Å². The number of hydrogen-bond donors (Lipinski definition) is 1. The minimum absolute atomic E-state index is 0.185. The van der Waals surface area contributed by atoms with Crippen LogP contribution in [0.25, 0.3) is 32.3 Å². The Morgan fingerprint density at radius 2 is 1.00 bits per heavy atom. The van der Waals surface area contributed by atoms with Crippen LogP contribution >= 0.6 is 22.7 Å². The van der Waals surface area contributed by atoms with Gasteiger partial charge in [-0.25, -0.2) is 19.6 Å². The van der Waals surface area contributed by atoms with Gasteiger partial charge in [0.25, 0.3) is 11.8 Å². The minimum atomic E-state index is -0.525. The summed E-state index contributed by atoms with van der Waals surface area (Å²) in [6.07, 6.45) is 8.24. The van der Waals surface area contributed by atoms with Gasteiger partial charge in [-0.1, -0.05) is 76.6 Å². The molecule has 0 aliphatic carbocycles. The van der Waals surface area contributed by atoms with E-state index in [1.165, 1.54) is 22.7 Å². The lowest BCUT2D eigenvalue weighted by molar-refractivity contribution is -0.122. The number of nitrogens with one attached hydrogen (secondary N) is 1. The van der Waals surface area contributed by atoms with Gasteiger partial charge in [0.2, 0.25) is 0 Å². The first-order chi connectivity index (χ1) is 23.7. The molecule has 1 N–H and O–H groups in total. The zero-order chi connectivity index (χ0) is 34.9. The van der Waals surface area contributed by atoms with E-state index in [2.05, 4.69) is 19.2 Å². The Labute approximate surface area is 294 Å². The molecule has 9 nitrogen and oxygen atoms in total. The van der Waals surface area contributed by atoms with Gasteiger partial charge in [0.05, 0.1) is 46.9 Å². The van der Waals surface area contributed by atoms with Crippen molar-refractivity contribution in [1.82, 2.24) is 15.3 Å². The van der Waals surface area contributed by atoms with Crippen molar-refractivity contribution in [2.45, 2.75) is 79.1 Å². The van der Waals surface area contributed by atoms with Crippen molar-refractivity contribution in [3.05, 3.63) is 80.8 Å². The number of imide groups is 1. The maximum atomic E-state index is 13.2. The zero-order valence-corrected chi connectivity index (χ0v) is 30.0. The van der Waals surface area contributed by atoms with Crippen molar-refractivity contribution in [1.29, 1.82) is 0 Å². The molecule has 2 aromatic carbocycles. The molecule has 2 amide bonds. The molecule has 5 rings (SSSR count). The van der Waals surface area contributed by atoms with Crippen LogP contribution in [0.1, 0.15) is 107 Å². The van der Waals surface area contributed by atoms with Gasteiger partial charge < -0.3 is 9.47 Å². The van der Waals surface area contributed by atoms with Gasteiger partial charge in [-0.15, -0.1) is 22.7 Å². The van der Waals surface area contributed by atoms with Crippen molar-refractivity contribution in [2.75, 3.05) is 13.2 Å². The maximum Gasteiger partial charge on any atom is 0.338 e. The summed E-state index contributed by atoms with van der Waals surface area (Å²) in [6.45, 7) is 8.79. The van der Waals surface area contributed by atoms with Crippen molar-refractivity contribution < 1.29 is 28.7 Å². The van der Waals surface area contributed by atoms with E-state index in [-0.39, 0.29) is 23.1 Å². The molecule has 256 valence electrons. The number of nitrogens with zero attached hydrogens (tertiary/aromatic N) is 2. The Bertz CT molecular complexity index is 1720. The molecule has 0 saturated heterocycles. The molecule has 2 aromatic heterocycles. The quantitative estimate of drug-likeness (QED) is 0.0701. The minimum Gasteiger partial charge on any atom is -0.462 e. The van der Waals surface area contributed by atoms with Gasteiger partial charge in [-0.2, -0.15) is 0 Å². The summed E-state index contributed by atoms with van der Waals surface area (Å²) in [5.41, 5.74) is 3.68. The van der Waals surface area contributed by atoms with E-state index < -0.39 is 11.8 Å². The van der Waals surface area contributed by atoms with E-state index >= 15 is 0 Å². The van der Waals surface area contributed by atoms with Crippen LogP contribution in [0.15, 0.2) is 48.5 Å². The number of aromatic nitrogens is 2. The Morgan fingerprint density at radius 1 is 0.612 bits per heavy atom. The highest BCUT2D eigenvalue weighted by atomic mass is 32.1. The Balaban J connectivity index is 1.34. The van der Waals surface area contributed by atoms with Crippen LogP contribution in [0, 0.1) is 13.8 Å². The van der Waals surface area contributed by atoms with E-state index in [0.717, 1.165) is 72.2 Å². The molecule has 0 radical (unpaired) electrons. The Hall–Kier alpha value is -4.48. The fraction of sp³-hybridized carbons (Fsp3) is 0.368. The molecule has 1 aliphatic rings. The highest BCUT2D eigenvalue weighted by Gasteiger charge is 2.37. The lowest BCUT2D eigenvalue weighted by atomic mass is 10.0. The molecule has 4 aromatic rings. The zero-order valence-electron chi connectivity index (χ0n) is 28.4. The number of hydrogen-bond acceptors (Lipinski definition) is 10. The number of carbonyl (C=O) groups is 4. The van der Waals surface area contributed by atoms with Crippen LogP contribution in [0.5, 0.6) is 0 Å². The number of unbranched alkanes of at least 4 members (excludes halogenated alkanes) is 6. The number of rotatable bonds is 16. The second-order valence-electron chi connectivity index (χ2n) is 11.9. The predicted octanol–water partition coefficient (Wildman–Crippen LogP) is 8.59. The van der Waals surface area contributed by atoms with E-state index in [9.17, 15) is 19.2 Å². The van der Waals surface area contributed by atoms with Crippen LogP contribution in [0.3, 0.4) is 0 Å². The standard InChI is InChI=1S/C38H41N3O6S2/c1-5-7-9-11-21-46-37(44)27-17-13-25(14-18-27)35-39-31(23(3)48-35)29-30(34(43)41-33(29)42)32-24(4)49-36(40-32)26-15-19-28(20-16-26)38(45)47-22-12-10-8-6-2/h13-20H,5-12,21-22H2,1-4H3,(H,41,42,43). The maximum absolute atomic E-state index is 13.2. The lowest BCUT2D eigenvalue weighted by Crippen LogP contribution is -2.23. The molecule has 3 heterocycles. The molecule has 0 atom stereocenters. The average molecular weight is 700 g/mol. The highest BCUT2D eigenvalue weighted by molar-refractivity contribution is 7.15. The average Bonchev–Trinajstić information content (AvgIpc) is 3.76. The second kappa shape index (κ2) is 16.8. The Kier molecular flexibility index (Phi) is 12.2. The fourth-order valence-corrected chi connectivity index (χ4v) is 7.31. The largest absolute Gasteiger partial charge is 0.462 e. The predicted molar refractivity (Wildman–Crippen MR) is 193 cm³/mol. The van der Waals surface area contributed by atoms with Crippen molar-refractivity contribution in [3.63, 3.8) is 0 Å². The van der Waals surface area contributed by atoms with Crippen molar-refractivity contribution in [2.24, 2.45) is 0 Å². The molecule has 0 spiro atoms. The molecule has 0 saturated carbocycles. The summed E-state index contributed by atoms with van der Waals surface area (Å²) in [5.74, 6) is -1.77. The molecule has 11 heteroatoms. The topological polar surface area (TPSA) is 125 Å². The van der Waals surface area contributed by atoms with Gasteiger partial charge in [0, 0.05) is 20.9 Å². The first-order valence-corrected chi connectivity index (χ1v) is 18.5. The summed E-state index contributed by atoms with van der Waals surface area (Å²) in [6, 6.07) is 14.1. The van der Waals surface area contributed by atoms with Gasteiger partial charge in [-0.05, 0) is 51.0 Å². The third kappa shape index (κ3) is 8.58. The molecule has 49 heavy (non-hydrogen) atoms. The molecule has 1 aliphatic heterocycles. The van der Waals surface area contributed by atoms with E-state index in [4.69, 9.17) is 19.4 Å². The van der Waals surface area contributed by atoms with Gasteiger partial charge >= 0.3 is 11.9 Å². The van der Waals surface area contributed by atoms with Gasteiger partial charge in [0.15, 0.2) is 0 Å². The number of aryl methyl sites for hydroxylation is 2. The molecule has 0 unspecified atom stereocenters. The SMILES string of the molecule is CCCCCCOC(=O)c1ccc(-c2nc(C3=C(c4nc(-c5ccc(C(=O)OCCCCCC)cc5)sc4C)C(=O)NC3=O)c(C)s2)cc1. The van der Waals surface area contributed by atoms with Crippen LogP contribution in [0.4, 0.5) is 0 Å². The van der Waals surface area contributed by atoms with Gasteiger partial charge in [0.1, 0.15) is 10.0 Å². The number of thiazole rings is 2. The summed E-state index contributed by atoms with van der Waals surface area (Å²) >= 11 is 2.80. The molecular formula is C38H41N3O6S2. The summed E-state index contributed by atoms with van der Waals surface area (Å²) in [4.78, 5) is 62.5.